The number of carbonyl (C=O) groups is 2. The lowest BCUT2D eigenvalue weighted by molar-refractivity contribution is -0.152. The van der Waals surface area contributed by atoms with Crippen molar-refractivity contribution in [3.05, 3.63) is 34.9 Å². The molecule has 1 fully saturated rings. The fraction of sp³-hybridized carbons (Fsp3) is 0.529. The molecule has 0 unspecified atom stereocenters. The van der Waals surface area contributed by atoms with Crippen LogP contribution < -0.4 is 0 Å². The number of carbonyl (C=O) groups excluding carboxylic acids is 1. The van der Waals surface area contributed by atoms with Crippen LogP contribution in [0.2, 0.25) is 0 Å². The molecule has 0 aliphatic carbocycles. The molecule has 1 saturated heterocycles. The molecule has 21 heavy (non-hydrogen) atoms. The average molecular weight is 289 g/mol. The summed E-state index contributed by atoms with van der Waals surface area (Å²) >= 11 is 0. The number of hydrogen-bond acceptors (Lipinski definition) is 2. The van der Waals surface area contributed by atoms with Crippen molar-refractivity contribution in [3.63, 3.8) is 0 Å². The van der Waals surface area contributed by atoms with E-state index in [1.54, 1.807) is 4.90 Å². The van der Waals surface area contributed by atoms with Gasteiger partial charge in [-0.15, -0.1) is 0 Å². The molecule has 0 radical (unpaired) electrons. The van der Waals surface area contributed by atoms with Crippen LogP contribution in [-0.2, 0) is 4.79 Å². The molecule has 1 aliphatic rings. The summed E-state index contributed by atoms with van der Waals surface area (Å²) < 4.78 is 0. The van der Waals surface area contributed by atoms with Crippen LogP contribution in [0.1, 0.15) is 47.7 Å². The molecule has 1 amide bonds. The summed E-state index contributed by atoms with van der Waals surface area (Å²) in [4.78, 5) is 25.8. The van der Waals surface area contributed by atoms with Crippen LogP contribution in [0.25, 0.3) is 0 Å². The van der Waals surface area contributed by atoms with Crippen LogP contribution in [0.4, 0.5) is 0 Å². The smallest absolute Gasteiger partial charge is 0.309 e. The molecule has 0 saturated carbocycles. The monoisotopic (exact) mass is 289 g/mol. The minimum atomic E-state index is -0.733. The van der Waals surface area contributed by atoms with Gasteiger partial charge in [0.2, 0.25) is 0 Å². The minimum absolute atomic E-state index is 0.0110. The van der Waals surface area contributed by atoms with Crippen LogP contribution in [0, 0.1) is 19.3 Å². The van der Waals surface area contributed by atoms with E-state index in [2.05, 4.69) is 0 Å². The van der Waals surface area contributed by atoms with Gasteiger partial charge in [-0.05, 0) is 45.2 Å². The molecule has 1 aromatic carbocycles. The Morgan fingerprint density at radius 2 is 1.67 bits per heavy atom. The van der Waals surface area contributed by atoms with E-state index in [4.69, 9.17) is 0 Å². The Labute approximate surface area is 125 Å². The number of aliphatic carboxylic acids is 1. The van der Waals surface area contributed by atoms with Crippen LogP contribution in [0.3, 0.4) is 0 Å². The van der Waals surface area contributed by atoms with Gasteiger partial charge >= 0.3 is 5.97 Å². The second-order valence-electron chi connectivity index (χ2n) is 6.11. The van der Waals surface area contributed by atoms with Gasteiger partial charge in [0.05, 0.1) is 5.41 Å². The van der Waals surface area contributed by atoms with Gasteiger partial charge in [0, 0.05) is 18.7 Å². The van der Waals surface area contributed by atoms with E-state index >= 15 is 0 Å². The molecule has 1 aromatic rings. The zero-order valence-corrected chi connectivity index (χ0v) is 13.0. The lowest BCUT2D eigenvalue weighted by Gasteiger charge is -2.38. The highest BCUT2D eigenvalue weighted by Gasteiger charge is 2.40. The Bertz CT molecular complexity index is 537. The van der Waals surface area contributed by atoms with Crippen LogP contribution >= 0.6 is 0 Å². The van der Waals surface area contributed by atoms with Crippen LogP contribution in [-0.4, -0.2) is 35.0 Å². The molecule has 0 bridgehead atoms. The van der Waals surface area contributed by atoms with Gasteiger partial charge in [-0.3, -0.25) is 9.59 Å². The fourth-order valence-electron chi connectivity index (χ4n) is 3.14. The molecular weight excluding hydrogens is 266 g/mol. The maximum atomic E-state index is 12.6. The largest absolute Gasteiger partial charge is 0.481 e. The Morgan fingerprint density at radius 3 is 2.10 bits per heavy atom. The Morgan fingerprint density at radius 1 is 1.14 bits per heavy atom. The molecule has 0 aromatic heterocycles. The number of benzene rings is 1. The summed E-state index contributed by atoms with van der Waals surface area (Å²) in [5.41, 5.74) is 2.19. The molecule has 1 aliphatic heterocycles. The summed E-state index contributed by atoms with van der Waals surface area (Å²) in [6.45, 7) is 6.91. The molecule has 4 nitrogen and oxygen atoms in total. The second kappa shape index (κ2) is 5.88. The lowest BCUT2D eigenvalue weighted by Crippen LogP contribution is -2.46. The first-order valence-electron chi connectivity index (χ1n) is 7.49. The van der Waals surface area contributed by atoms with Gasteiger partial charge in [-0.1, -0.05) is 24.1 Å². The number of carboxylic acids is 1. The van der Waals surface area contributed by atoms with Crippen LogP contribution in [0.15, 0.2) is 18.2 Å². The lowest BCUT2D eigenvalue weighted by atomic mass is 9.76. The third kappa shape index (κ3) is 3.09. The molecular formula is C17H23NO3. The Hall–Kier alpha value is -1.84. The van der Waals surface area contributed by atoms with Gasteiger partial charge < -0.3 is 10.0 Å². The first-order chi connectivity index (χ1) is 9.88. The zero-order valence-electron chi connectivity index (χ0n) is 13.0. The number of carboxylic acid groups (broad SMARTS) is 1. The fourth-order valence-corrected chi connectivity index (χ4v) is 3.14. The zero-order chi connectivity index (χ0) is 15.6. The van der Waals surface area contributed by atoms with Crippen molar-refractivity contribution < 1.29 is 14.7 Å². The third-order valence-electron chi connectivity index (χ3n) is 4.61. The summed E-state index contributed by atoms with van der Waals surface area (Å²) in [5, 5.41) is 9.40. The van der Waals surface area contributed by atoms with Crippen molar-refractivity contribution in [2.24, 2.45) is 5.41 Å². The molecule has 4 heteroatoms. The van der Waals surface area contributed by atoms with Crippen molar-refractivity contribution in [1.29, 1.82) is 0 Å². The minimum Gasteiger partial charge on any atom is -0.481 e. The van der Waals surface area contributed by atoms with Gasteiger partial charge in [-0.2, -0.15) is 0 Å². The molecule has 2 rings (SSSR count). The molecule has 0 atom stereocenters. The van der Waals surface area contributed by atoms with Gasteiger partial charge in [0.15, 0.2) is 0 Å². The molecule has 114 valence electrons. The van der Waals surface area contributed by atoms with Crippen molar-refractivity contribution >= 4 is 11.9 Å². The van der Waals surface area contributed by atoms with Crippen LogP contribution in [0.5, 0.6) is 0 Å². The predicted molar refractivity (Wildman–Crippen MR) is 81.4 cm³/mol. The first kappa shape index (κ1) is 15.5. The summed E-state index contributed by atoms with van der Waals surface area (Å²) in [6.07, 6.45) is 1.69. The number of rotatable bonds is 3. The topological polar surface area (TPSA) is 57.6 Å². The molecule has 0 spiro atoms. The predicted octanol–water partition coefficient (Wildman–Crippen LogP) is 3.02. The van der Waals surface area contributed by atoms with Crippen molar-refractivity contribution in [2.75, 3.05) is 13.1 Å². The number of nitrogens with zero attached hydrogens (tertiary/aromatic N) is 1. The van der Waals surface area contributed by atoms with Gasteiger partial charge in [0.25, 0.3) is 5.91 Å². The van der Waals surface area contributed by atoms with E-state index in [9.17, 15) is 14.7 Å². The Balaban J connectivity index is 2.11. The van der Waals surface area contributed by atoms with E-state index in [1.165, 1.54) is 0 Å². The molecule has 1 N–H and O–H groups in total. The quantitative estimate of drug-likeness (QED) is 0.930. The number of aryl methyl sites for hydroxylation is 2. The second-order valence-corrected chi connectivity index (χ2v) is 6.11. The van der Waals surface area contributed by atoms with E-state index in [1.807, 2.05) is 39.0 Å². The SMILES string of the molecule is CCC1(C(=O)O)CCN(C(=O)c2cc(C)cc(C)c2)CC1. The highest BCUT2D eigenvalue weighted by atomic mass is 16.4. The van der Waals surface area contributed by atoms with Gasteiger partial charge in [-0.25, -0.2) is 0 Å². The van der Waals surface area contributed by atoms with E-state index in [0.29, 0.717) is 37.9 Å². The number of amides is 1. The maximum absolute atomic E-state index is 12.6. The number of piperidine rings is 1. The Kier molecular flexibility index (Phi) is 4.35. The van der Waals surface area contributed by atoms with Crippen molar-refractivity contribution in [2.45, 2.75) is 40.0 Å². The average Bonchev–Trinajstić information content (AvgIpc) is 2.45. The van der Waals surface area contributed by atoms with E-state index < -0.39 is 11.4 Å². The molecule has 1 heterocycles. The summed E-state index contributed by atoms with van der Waals surface area (Å²) in [6, 6.07) is 5.84. The number of hydrogen-bond donors (Lipinski definition) is 1. The summed E-state index contributed by atoms with van der Waals surface area (Å²) in [5.74, 6) is -0.722. The van der Waals surface area contributed by atoms with Gasteiger partial charge in [0.1, 0.15) is 0 Å². The number of likely N-dealkylation sites (tertiary alicyclic amines) is 1. The van der Waals surface area contributed by atoms with Crippen molar-refractivity contribution in [3.8, 4) is 0 Å². The standard InChI is InChI=1S/C17H23NO3/c1-4-17(16(20)21)5-7-18(8-6-17)15(19)14-10-12(2)9-13(3)11-14/h9-11H,4-8H2,1-3H3,(H,20,21). The highest BCUT2D eigenvalue weighted by Crippen LogP contribution is 2.35. The third-order valence-corrected chi connectivity index (χ3v) is 4.61. The van der Waals surface area contributed by atoms with E-state index in [0.717, 1.165) is 11.1 Å². The van der Waals surface area contributed by atoms with E-state index in [-0.39, 0.29) is 5.91 Å². The first-order valence-corrected chi connectivity index (χ1v) is 7.49. The maximum Gasteiger partial charge on any atom is 0.309 e. The van der Waals surface area contributed by atoms with Crippen molar-refractivity contribution in [1.82, 2.24) is 4.90 Å². The highest BCUT2D eigenvalue weighted by molar-refractivity contribution is 5.94. The summed E-state index contributed by atoms with van der Waals surface area (Å²) in [7, 11) is 0. The normalized spacial score (nSPS) is 17.6.